The van der Waals surface area contributed by atoms with Crippen LogP contribution in [0.5, 0.6) is 5.75 Å². The lowest BCUT2D eigenvalue weighted by Crippen LogP contribution is -2.13. The van der Waals surface area contributed by atoms with Crippen molar-refractivity contribution in [1.82, 2.24) is 14.4 Å². The normalized spacial score (nSPS) is 12.0. The van der Waals surface area contributed by atoms with E-state index in [9.17, 15) is 4.79 Å². The summed E-state index contributed by atoms with van der Waals surface area (Å²) in [7, 11) is 0. The van der Waals surface area contributed by atoms with Gasteiger partial charge in [0.1, 0.15) is 11.2 Å². The molecule has 0 aliphatic carbocycles. The molecule has 1 aromatic carbocycles. The Hall–Kier alpha value is -3.21. The quantitative estimate of drug-likeness (QED) is 0.306. The lowest BCUT2D eigenvalue weighted by atomic mass is 9.91. The Bertz CT molecular complexity index is 1180. The van der Waals surface area contributed by atoms with Gasteiger partial charge in [0.15, 0.2) is 5.75 Å². The summed E-state index contributed by atoms with van der Waals surface area (Å²) in [5, 5.41) is 0.956. The molecule has 5 nitrogen and oxygen atoms in total. The zero-order valence-electron chi connectivity index (χ0n) is 15.0. The Morgan fingerprint density at radius 1 is 1.12 bits per heavy atom. The Balaban J connectivity index is 2.00. The summed E-state index contributed by atoms with van der Waals surface area (Å²) in [6, 6.07) is 11.5. The number of carbonyl (C=O) groups is 1. The van der Waals surface area contributed by atoms with Gasteiger partial charge in [-0.2, -0.15) is 0 Å². The topological polar surface area (TPSA) is 56.5 Å². The summed E-state index contributed by atoms with van der Waals surface area (Å²) >= 11 is 0. The van der Waals surface area contributed by atoms with Gasteiger partial charge < -0.3 is 4.74 Å². The largest absolute Gasteiger partial charge is 0.421 e. The predicted molar refractivity (Wildman–Crippen MR) is 103 cm³/mol. The van der Waals surface area contributed by atoms with E-state index in [2.05, 4.69) is 33.4 Å². The molecule has 0 saturated heterocycles. The van der Waals surface area contributed by atoms with Crippen LogP contribution in [0.4, 0.5) is 0 Å². The van der Waals surface area contributed by atoms with Gasteiger partial charge >= 0.3 is 5.97 Å². The molecular weight excluding hydrogens is 326 g/mol. The average molecular weight is 345 g/mol. The van der Waals surface area contributed by atoms with Gasteiger partial charge in [0.2, 0.25) is 0 Å². The number of rotatable bonds is 2. The molecule has 0 spiro atoms. The molecule has 0 radical (unpaired) electrons. The summed E-state index contributed by atoms with van der Waals surface area (Å²) in [6.07, 6.45) is 3.06. The number of aromatic nitrogens is 3. The van der Waals surface area contributed by atoms with Crippen LogP contribution in [0.2, 0.25) is 0 Å². The first-order valence-corrected chi connectivity index (χ1v) is 8.44. The van der Waals surface area contributed by atoms with Gasteiger partial charge in [0, 0.05) is 28.8 Å². The van der Waals surface area contributed by atoms with Crippen molar-refractivity contribution in [3.05, 3.63) is 60.9 Å². The maximum absolute atomic E-state index is 11.6. The maximum atomic E-state index is 11.6. The van der Waals surface area contributed by atoms with E-state index in [1.807, 2.05) is 34.9 Å². The third-order valence-electron chi connectivity index (χ3n) is 4.37. The van der Waals surface area contributed by atoms with E-state index in [4.69, 9.17) is 14.7 Å². The smallest absolute Gasteiger partial charge is 0.335 e. The minimum atomic E-state index is -0.496. The van der Waals surface area contributed by atoms with Crippen molar-refractivity contribution in [2.24, 2.45) is 0 Å². The van der Waals surface area contributed by atoms with Crippen molar-refractivity contribution < 1.29 is 9.53 Å². The molecule has 26 heavy (non-hydrogen) atoms. The number of ether oxygens (including phenoxy) is 1. The molecule has 0 fully saturated rings. The molecule has 0 saturated carbocycles. The minimum absolute atomic E-state index is 0.0213. The lowest BCUT2D eigenvalue weighted by Gasteiger charge is -2.18. The Kier molecular flexibility index (Phi) is 3.54. The molecule has 4 rings (SSSR count). The van der Waals surface area contributed by atoms with Gasteiger partial charge in [-0.3, -0.25) is 9.38 Å². The molecule has 130 valence electrons. The van der Waals surface area contributed by atoms with Crippen LogP contribution in [-0.2, 0) is 10.2 Å². The zero-order chi connectivity index (χ0) is 18.5. The molecule has 3 heterocycles. The van der Waals surface area contributed by atoms with E-state index in [0.29, 0.717) is 5.75 Å². The second-order valence-corrected chi connectivity index (χ2v) is 7.25. The first-order chi connectivity index (χ1) is 12.4. The second kappa shape index (κ2) is 5.66. The number of pyridine rings is 2. The van der Waals surface area contributed by atoms with Crippen LogP contribution in [0.15, 0.2) is 55.3 Å². The SMILES string of the molecule is C=CC(=O)Oc1cccc2nc3c4ccc(C(C)(C)C)nc4ccn3c12. The molecule has 0 atom stereocenters. The van der Waals surface area contributed by atoms with Crippen molar-refractivity contribution in [2.75, 3.05) is 0 Å². The van der Waals surface area contributed by atoms with Gasteiger partial charge in [-0.05, 0) is 30.3 Å². The molecule has 0 unspecified atom stereocenters. The van der Waals surface area contributed by atoms with E-state index < -0.39 is 5.97 Å². The Labute approximate surface area is 150 Å². The fraction of sp³-hybridized carbons (Fsp3) is 0.190. The van der Waals surface area contributed by atoms with E-state index in [0.717, 1.165) is 39.4 Å². The third kappa shape index (κ3) is 2.52. The number of para-hydroxylation sites is 1. The van der Waals surface area contributed by atoms with Crippen LogP contribution in [0, 0.1) is 0 Å². The van der Waals surface area contributed by atoms with Gasteiger partial charge in [-0.1, -0.05) is 33.4 Å². The van der Waals surface area contributed by atoms with Gasteiger partial charge in [0.05, 0.1) is 11.0 Å². The number of fused-ring (bicyclic) bond motifs is 5. The number of hydrogen-bond donors (Lipinski definition) is 0. The van der Waals surface area contributed by atoms with E-state index >= 15 is 0 Å². The summed E-state index contributed by atoms with van der Waals surface area (Å²) < 4.78 is 7.32. The Morgan fingerprint density at radius 3 is 2.65 bits per heavy atom. The monoisotopic (exact) mass is 345 g/mol. The molecule has 5 heteroatoms. The van der Waals surface area contributed by atoms with Gasteiger partial charge in [0.25, 0.3) is 0 Å². The molecule has 0 N–H and O–H groups in total. The van der Waals surface area contributed by atoms with Crippen LogP contribution in [0.3, 0.4) is 0 Å². The van der Waals surface area contributed by atoms with Gasteiger partial charge in [-0.15, -0.1) is 0 Å². The maximum Gasteiger partial charge on any atom is 0.335 e. The first kappa shape index (κ1) is 16.3. The highest BCUT2D eigenvalue weighted by molar-refractivity contribution is 5.98. The average Bonchev–Trinajstić information content (AvgIpc) is 3.00. The number of carbonyl (C=O) groups excluding carboxylic acids is 1. The molecule has 3 aromatic heterocycles. The molecule has 0 bridgehead atoms. The molecule has 0 amide bonds. The van der Waals surface area contributed by atoms with E-state index in [-0.39, 0.29) is 5.41 Å². The van der Waals surface area contributed by atoms with Gasteiger partial charge in [-0.25, -0.2) is 9.78 Å². The summed E-state index contributed by atoms with van der Waals surface area (Å²) in [5.41, 5.74) is 4.20. The third-order valence-corrected chi connectivity index (χ3v) is 4.37. The summed E-state index contributed by atoms with van der Waals surface area (Å²) in [5.74, 6) is -0.0387. The fourth-order valence-corrected chi connectivity index (χ4v) is 3.04. The highest BCUT2D eigenvalue weighted by Crippen LogP contribution is 2.31. The Morgan fingerprint density at radius 2 is 1.92 bits per heavy atom. The highest BCUT2D eigenvalue weighted by Gasteiger charge is 2.18. The van der Waals surface area contributed by atoms with Crippen molar-refractivity contribution in [2.45, 2.75) is 26.2 Å². The fourth-order valence-electron chi connectivity index (χ4n) is 3.04. The summed E-state index contributed by atoms with van der Waals surface area (Å²) in [4.78, 5) is 21.2. The second-order valence-electron chi connectivity index (χ2n) is 7.25. The zero-order valence-corrected chi connectivity index (χ0v) is 15.0. The van der Waals surface area contributed by atoms with Crippen molar-refractivity contribution in [3.8, 4) is 5.75 Å². The molecule has 0 aliphatic rings. The summed E-state index contributed by atoms with van der Waals surface area (Å²) in [6.45, 7) is 9.88. The lowest BCUT2D eigenvalue weighted by molar-refractivity contribution is -0.128. The van der Waals surface area contributed by atoms with Crippen molar-refractivity contribution in [1.29, 1.82) is 0 Å². The number of esters is 1. The number of nitrogens with zero attached hydrogens (tertiary/aromatic N) is 3. The van der Waals surface area contributed by atoms with E-state index in [1.54, 1.807) is 6.07 Å². The molecule has 4 aromatic rings. The highest BCUT2D eigenvalue weighted by atomic mass is 16.5. The molecule has 0 aliphatic heterocycles. The van der Waals surface area contributed by atoms with Crippen LogP contribution in [-0.4, -0.2) is 20.3 Å². The van der Waals surface area contributed by atoms with Crippen LogP contribution in [0.25, 0.3) is 27.6 Å². The minimum Gasteiger partial charge on any atom is -0.421 e. The first-order valence-electron chi connectivity index (χ1n) is 8.44. The number of benzene rings is 1. The molecular formula is C21H19N3O2. The van der Waals surface area contributed by atoms with Crippen LogP contribution >= 0.6 is 0 Å². The predicted octanol–water partition coefficient (Wildman–Crippen LogP) is 4.42. The standard InChI is InChI=1S/C21H19N3O2/c1-5-18(25)26-16-8-6-7-15-19(16)24-12-11-14-13(20(24)23-15)9-10-17(22-14)21(2,3)4/h5-12H,1H2,2-4H3. The van der Waals surface area contributed by atoms with Crippen molar-refractivity contribution >= 4 is 33.6 Å². The van der Waals surface area contributed by atoms with Crippen molar-refractivity contribution in [3.63, 3.8) is 0 Å². The number of imidazole rings is 1. The number of hydrogen-bond acceptors (Lipinski definition) is 4. The van der Waals surface area contributed by atoms with E-state index in [1.165, 1.54) is 0 Å². The van der Waals surface area contributed by atoms with Crippen LogP contribution < -0.4 is 4.74 Å². The van der Waals surface area contributed by atoms with Crippen LogP contribution in [0.1, 0.15) is 26.5 Å².